The van der Waals surface area contributed by atoms with Gasteiger partial charge in [0.2, 0.25) is 0 Å². The molecule has 0 heterocycles. The largest absolute Gasteiger partial charge is 0.469 e. The topological polar surface area (TPSA) is 26.3 Å². The van der Waals surface area contributed by atoms with Crippen molar-refractivity contribution >= 4 is 5.97 Å². The van der Waals surface area contributed by atoms with Crippen LogP contribution in [0.1, 0.15) is 26.7 Å². The predicted molar refractivity (Wildman–Crippen MR) is 40.7 cm³/mol. The number of carbonyl (C=O) groups is 1. The van der Waals surface area contributed by atoms with Gasteiger partial charge in [-0.15, -0.1) is 0 Å². The third-order valence-corrected chi connectivity index (χ3v) is 1.44. The number of hydrogen-bond donors (Lipinski definition) is 0. The van der Waals surface area contributed by atoms with Crippen molar-refractivity contribution in [2.75, 3.05) is 7.11 Å². The summed E-state index contributed by atoms with van der Waals surface area (Å²) in [6.45, 7) is 3.97. The van der Waals surface area contributed by atoms with Crippen LogP contribution in [0.2, 0.25) is 0 Å². The SMILES string of the molecule is C/C=C(\C)CCC(=O)OC. The van der Waals surface area contributed by atoms with Crippen molar-refractivity contribution in [3.63, 3.8) is 0 Å². The summed E-state index contributed by atoms with van der Waals surface area (Å²) in [6, 6.07) is 0. The van der Waals surface area contributed by atoms with Crippen LogP contribution in [0.4, 0.5) is 0 Å². The van der Waals surface area contributed by atoms with Crippen LogP contribution < -0.4 is 0 Å². The molecular formula is C8H14O2. The highest BCUT2D eigenvalue weighted by atomic mass is 16.5. The number of ether oxygens (including phenoxy) is 1. The average Bonchev–Trinajstić information content (AvgIpc) is 1.99. The minimum atomic E-state index is -0.138. The Bertz CT molecular complexity index is 136. The molecule has 0 aliphatic heterocycles. The summed E-state index contributed by atoms with van der Waals surface area (Å²) in [5.74, 6) is -0.138. The first-order valence-corrected chi connectivity index (χ1v) is 3.39. The van der Waals surface area contributed by atoms with E-state index in [9.17, 15) is 4.79 Å². The maximum Gasteiger partial charge on any atom is 0.305 e. The number of esters is 1. The summed E-state index contributed by atoms with van der Waals surface area (Å²) in [5.41, 5.74) is 1.23. The van der Waals surface area contributed by atoms with E-state index in [0.29, 0.717) is 6.42 Å². The molecule has 0 atom stereocenters. The average molecular weight is 142 g/mol. The molecule has 0 aliphatic carbocycles. The molecule has 0 saturated carbocycles. The fourth-order valence-corrected chi connectivity index (χ4v) is 0.546. The smallest absolute Gasteiger partial charge is 0.305 e. The number of methoxy groups -OCH3 is 1. The summed E-state index contributed by atoms with van der Waals surface area (Å²) in [7, 11) is 1.41. The number of rotatable bonds is 3. The Morgan fingerprint density at radius 2 is 2.10 bits per heavy atom. The molecule has 58 valence electrons. The zero-order chi connectivity index (χ0) is 7.98. The van der Waals surface area contributed by atoms with E-state index in [0.717, 1.165) is 6.42 Å². The molecule has 0 spiro atoms. The Balaban J connectivity index is 3.45. The lowest BCUT2D eigenvalue weighted by atomic mass is 10.1. The van der Waals surface area contributed by atoms with Crippen LogP contribution in [-0.4, -0.2) is 13.1 Å². The van der Waals surface area contributed by atoms with Gasteiger partial charge in [-0.05, 0) is 20.3 Å². The van der Waals surface area contributed by atoms with Gasteiger partial charge in [-0.1, -0.05) is 11.6 Å². The molecule has 0 amide bonds. The third kappa shape index (κ3) is 4.13. The first-order chi connectivity index (χ1) is 4.70. The molecule has 0 radical (unpaired) electrons. The van der Waals surface area contributed by atoms with Crippen LogP contribution in [-0.2, 0) is 9.53 Å². The maximum atomic E-state index is 10.6. The second-order valence-corrected chi connectivity index (χ2v) is 2.21. The zero-order valence-electron chi connectivity index (χ0n) is 6.81. The fourth-order valence-electron chi connectivity index (χ4n) is 0.546. The van der Waals surface area contributed by atoms with Crippen LogP contribution in [0, 0.1) is 0 Å². The zero-order valence-corrected chi connectivity index (χ0v) is 6.81. The standard InChI is InChI=1S/C8H14O2/c1-4-7(2)5-6-8(9)10-3/h4H,5-6H2,1-3H3/b7-4+. The molecule has 0 aromatic rings. The van der Waals surface area contributed by atoms with Gasteiger partial charge < -0.3 is 4.74 Å². The Morgan fingerprint density at radius 3 is 2.50 bits per heavy atom. The molecule has 0 rings (SSSR count). The first kappa shape index (κ1) is 9.21. The highest BCUT2D eigenvalue weighted by Crippen LogP contribution is 2.03. The third-order valence-electron chi connectivity index (χ3n) is 1.44. The summed E-state index contributed by atoms with van der Waals surface area (Å²) < 4.78 is 4.48. The van der Waals surface area contributed by atoms with Crippen LogP contribution in [0.25, 0.3) is 0 Å². The summed E-state index contributed by atoms with van der Waals surface area (Å²) in [5, 5.41) is 0. The van der Waals surface area contributed by atoms with Crippen molar-refractivity contribution in [2.24, 2.45) is 0 Å². The van der Waals surface area contributed by atoms with E-state index in [-0.39, 0.29) is 5.97 Å². The van der Waals surface area contributed by atoms with E-state index in [1.54, 1.807) is 0 Å². The Labute approximate surface area is 61.9 Å². The molecule has 10 heavy (non-hydrogen) atoms. The van der Waals surface area contributed by atoms with E-state index >= 15 is 0 Å². The van der Waals surface area contributed by atoms with E-state index in [4.69, 9.17) is 0 Å². The highest BCUT2D eigenvalue weighted by Gasteiger charge is 1.98. The molecule has 0 fully saturated rings. The summed E-state index contributed by atoms with van der Waals surface area (Å²) in [4.78, 5) is 10.6. The molecule has 0 aromatic heterocycles. The summed E-state index contributed by atoms with van der Waals surface area (Å²) in [6.07, 6.45) is 3.30. The van der Waals surface area contributed by atoms with E-state index in [2.05, 4.69) is 4.74 Å². The predicted octanol–water partition coefficient (Wildman–Crippen LogP) is 1.91. The van der Waals surface area contributed by atoms with Gasteiger partial charge >= 0.3 is 5.97 Å². The molecule has 0 saturated heterocycles. The van der Waals surface area contributed by atoms with Gasteiger partial charge in [0, 0.05) is 6.42 Å². The van der Waals surface area contributed by atoms with Gasteiger partial charge in [0.05, 0.1) is 7.11 Å². The van der Waals surface area contributed by atoms with Crippen LogP contribution in [0.3, 0.4) is 0 Å². The van der Waals surface area contributed by atoms with Crippen molar-refractivity contribution in [1.29, 1.82) is 0 Å². The van der Waals surface area contributed by atoms with E-state index < -0.39 is 0 Å². The Hall–Kier alpha value is -0.790. The second-order valence-electron chi connectivity index (χ2n) is 2.21. The quantitative estimate of drug-likeness (QED) is 0.444. The first-order valence-electron chi connectivity index (χ1n) is 3.39. The maximum absolute atomic E-state index is 10.6. The van der Waals surface area contributed by atoms with Crippen molar-refractivity contribution in [3.05, 3.63) is 11.6 Å². The van der Waals surface area contributed by atoms with Gasteiger partial charge in [-0.25, -0.2) is 0 Å². The Kier molecular flexibility index (Phi) is 4.63. The minimum Gasteiger partial charge on any atom is -0.469 e. The van der Waals surface area contributed by atoms with Crippen molar-refractivity contribution in [3.8, 4) is 0 Å². The second kappa shape index (κ2) is 5.03. The number of carbonyl (C=O) groups excluding carboxylic acids is 1. The minimum absolute atomic E-state index is 0.138. The number of allylic oxidation sites excluding steroid dienone is 2. The number of hydrogen-bond acceptors (Lipinski definition) is 2. The van der Waals surface area contributed by atoms with Crippen LogP contribution in [0.5, 0.6) is 0 Å². The van der Waals surface area contributed by atoms with Gasteiger partial charge in [0.15, 0.2) is 0 Å². The normalized spacial score (nSPS) is 11.3. The lowest BCUT2D eigenvalue weighted by molar-refractivity contribution is -0.140. The van der Waals surface area contributed by atoms with Gasteiger partial charge in [-0.2, -0.15) is 0 Å². The molecule has 2 heteroatoms. The molecule has 0 aliphatic rings. The van der Waals surface area contributed by atoms with Crippen molar-refractivity contribution in [1.82, 2.24) is 0 Å². The lowest BCUT2D eigenvalue weighted by Crippen LogP contribution is -1.99. The monoisotopic (exact) mass is 142 g/mol. The van der Waals surface area contributed by atoms with Crippen LogP contribution in [0.15, 0.2) is 11.6 Å². The van der Waals surface area contributed by atoms with E-state index in [1.807, 2.05) is 19.9 Å². The molecule has 0 bridgehead atoms. The fraction of sp³-hybridized carbons (Fsp3) is 0.625. The lowest BCUT2D eigenvalue weighted by Gasteiger charge is -1.97. The van der Waals surface area contributed by atoms with Gasteiger partial charge in [0.1, 0.15) is 0 Å². The Morgan fingerprint density at radius 1 is 1.50 bits per heavy atom. The van der Waals surface area contributed by atoms with E-state index in [1.165, 1.54) is 12.7 Å². The molecular weight excluding hydrogens is 128 g/mol. The molecule has 0 aromatic carbocycles. The van der Waals surface area contributed by atoms with Gasteiger partial charge in [0.25, 0.3) is 0 Å². The highest BCUT2D eigenvalue weighted by molar-refractivity contribution is 5.69. The van der Waals surface area contributed by atoms with Crippen molar-refractivity contribution in [2.45, 2.75) is 26.7 Å². The van der Waals surface area contributed by atoms with Crippen LogP contribution >= 0.6 is 0 Å². The molecule has 2 nitrogen and oxygen atoms in total. The molecule has 0 N–H and O–H groups in total. The summed E-state index contributed by atoms with van der Waals surface area (Å²) >= 11 is 0. The van der Waals surface area contributed by atoms with Gasteiger partial charge in [-0.3, -0.25) is 4.79 Å². The molecule has 0 unspecified atom stereocenters. The van der Waals surface area contributed by atoms with Crippen molar-refractivity contribution < 1.29 is 9.53 Å².